The van der Waals surface area contributed by atoms with Gasteiger partial charge in [0.05, 0.1) is 9.82 Å². The molecule has 25 heavy (non-hydrogen) atoms. The van der Waals surface area contributed by atoms with Crippen LogP contribution in [-0.2, 0) is 9.84 Å². The van der Waals surface area contributed by atoms with Crippen LogP contribution in [0.2, 0.25) is 0 Å². The Morgan fingerprint density at radius 2 is 1.60 bits per heavy atom. The molecule has 0 aliphatic rings. The highest BCUT2D eigenvalue weighted by Crippen LogP contribution is 2.29. The molecular weight excluding hydrogens is 344 g/mol. The minimum Gasteiger partial charge on any atom is -0.440 e. The van der Waals surface area contributed by atoms with Gasteiger partial charge in [-0.1, -0.05) is 17.7 Å². The monoisotopic (exact) mass is 358 g/mol. The highest BCUT2D eigenvalue weighted by molar-refractivity contribution is 7.91. The molecule has 0 aliphatic heterocycles. The van der Waals surface area contributed by atoms with Crippen molar-refractivity contribution >= 4 is 15.5 Å². The summed E-state index contributed by atoms with van der Waals surface area (Å²) < 4.78 is 31.0. The maximum absolute atomic E-state index is 12.7. The van der Waals surface area contributed by atoms with Crippen molar-refractivity contribution in [1.82, 2.24) is 4.98 Å². The van der Waals surface area contributed by atoms with Crippen LogP contribution < -0.4 is 0 Å². The molecule has 3 aromatic rings. The molecule has 1 heterocycles. The molecule has 0 bridgehead atoms. The number of aromatic nitrogens is 1. The van der Waals surface area contributed by atoms with Crippen molar-refractivity contribution in [3.63, 3.8) is 0 Å². The number of non-ortho nitro benzene ring substituents is 1. The van der Waals surface area contributed by atoms with Crippen LogP contribution >= 0.6 is 0 Å². The number of oxazole rings is 1. The van der Waals surface area contributed by atoms with Crippen molar-refractivity contribution in [2.45, 2.75) is 23.8 Å². The predicted octanol–water partition coefficient (Wildman–Crippen LogP) is 3.70. The standard InChI is InChI=1S/C17H14N2O5S/c1-11-3-9-15(10-4-11)25(22,23)17-12(2)24-16(18-17)13-5-7-14(8-6-13)19(20)21/h3-10H,1-2H3. The predicted molar refractivity (Wildman–Crippen MR) is 90.0 cm³/mol. The summed E-state index contributed by atoms with van der Waals surface area (Å²) in [5.74, 6) is 0.256. The zero-order valence-corrected chi connectivity index (χ0v) is 14.3. The van der Waals surface area contributed by atoms with Gasteiger partial charge in [-0.2, -0.15) is 4.98 Å². The quantitative estimate of drug-likeness (QED) is 0.520. The summed E-state index contributed by atoms with van der Waals surface area (Å²) in [6.45, 7) is 3.38. The summed E-state index contributed by atoms with van der Waals surface area (Å²) in [6.07, 6.45) is 0. The molecule has 0 N–H and O–H groups in total. The maximum atomic E-state index is 12.7. The van der Waals surface area contributed by atoms with Gasteiger partial charge in [-0.05, 0) is 38.1 Å². The van der Waals surface area contributed by atoms with Crippen LogP contribution in [0.3, 0.4) is 0 Å². The minimum atomic E-state index is -3.81. The van der Waals surface area contributed by atoms with Gasteiger partial charge >= 0.3 is 0 Å². The van der Waals surface area contributed by atoms with Gasteiger partial charge < -0.3 is 4.42 Å². The molecule has 0 spiro atoms. The number of hydrogen-bond donors (Lipinski definition) is 0. The third-order valence-corrected chi connectivity index (χ3v) is 5.45. The van der Waals surface area contributed by atoms with E-state index in [1.807, 2.05) is 6.92 Å². The zero-order chi connectivity index (χ0) is 18.2. The second-order valence-electron chi connectivity index (χ2n) is 5.50. The molecule has 0 radical (unpaired) electrons. The molecule has 128 valence electrons. The van der Waals surface area contributed by atoms with Gasteiger partial charge in [-0.3, -0.25) is 10.1 Å². The second-order valence-corrected chi connectivity index (χ2v) is 7.37. The lowest BCUT2D eigenvalue weighted by Crippen LogP contribution is -2.04. The largest absolute Gasteiger partial charge is 0.440 e. The molecule has 0 amide bonds. The fraction of sp³-hybridized carbons (Fsp3) is 0.118. The molecule has 7 nitrogen and oxygen atoms in total. The smallest absolute Gasteiger partial charge is 0.269 e. The van der Waals surface area contributed by atoms with Crippen LogP contribution in [-0.4, -0.2) is 18.3 Å². The van der Waals surface area contributed by atoms with E-state index in [0.717, 1.165) is 5.56 Å². The number of nitrogens with zero attached hydrogens (tertiary/aromatic N) is 2. The number of benzene rings is 2. The van der Waals surface area contributed by atoms with Gasteiger partial charge in [-0.25, -0.2) is 8.42 Å². The van der Waals surface area contributed by atoms with Crippen molar-refractivity contribution in [3.05, 3.63) is 70.0 Å². The number of rotatable bonds is 4. The van der Waals surface area contributed by atoms with Crippen molar-refractivity contribution < 1.29 is 17.8 Å². The number of hydrogen-bond acceptors (Lipinski definition) is 6. The Balaban J connectivity index is 2.02. The van der Waals surface area contributed by atoms with Gasteiger partial charge in [0, 0.05) is 17.7 Å². The lowest BCUT2D eigenvalue weighted by molar-refractivity contribution is -0.384. The van der Waals surface area contributed by atoms with E-state index in [9.17, 15) is 18.5 Å². The number of nitro benzene ring substituents is 1. The zero-order valence-electron chi connectivity index (χ0n) is 13.5. The normalized spacial score (nSPS) is 11.4. The van der Waals surface area contributed by atoms with Crippen LogP contribution in [0.1, 0.15) is 11.3 Å². The first-order valence-corrected chi connectivity index (χ1v) is 8.81. The Kier molecular flexibility index (Phi) is 4.13. The summed E-state index contributed by atoms with van der Waals surface area (Å²) >= 11 is 0. The maximum Gasteiger partial charge on any atom is 0.269 e. The van der Waals surface area contributed by atoms with E-state index >= 15 is 0 Å². The Hall–Kier alpha value is -3.00. The fourth-order valence-corrected chi connectivity index (χ4v) is 3.65. The van der Waals surface area contributed by atoms with E-state index in [-0.39, 0.29) is 27.3 Å². The molecule has 2 aromatic carbocycles. The first kappa shape index (κ1) is 16.8. The van der Waals surface area contributed by atoms with E-state index < -0.39 is 14.8 Å². The van der Waals surface area contributed by atoms with Crippen LogP contribution in [0, 0.1) is 24.0 Å². The number of aryl methyl sites for hydroxylation is 2. The van der Waals surface area contributed by atoms with E-state index in [1.165, 1.54) is 43.3 Å². The topological polar surface area (TPSA) is 103 Å². The molecule has 0 fully saturated rings. The van der Waals surface area contributed by atoms with Gasteiger partial charge in [0.15, 0.2) is 0 Å². The third-order valence-electron chi connectivity index (χ3n) is 3.66. The molecular formula is C17H14N2O5S. The van der Waals surface area contributed by atoms with Gasteiger partial charge in [0.25, 0.3) is 5.69 Å². The van der Waals surface area contributed by atoms with Crippen molar-refractivity contribution in [3.8, 4) is 11.5 Å². The summed E-state index contributed by atoms with van der Waals surface area (Å²) in [5.41, 5.74) is 1.33. The SMILES string of the molecule is Cc1ccc(S(=O)(=O)c2nc(-c3ccc([N+](=O)[O-])cc3)oc2C)cc1. The molecule has 3 rings (SSSR count). The Labute approximate surface area is 144 Å². The fourth-order valence-electron chi connectivity index (χ4n) is 2.31. The van der Waals surface area contributed by atoms with Crippen LogP contribution in [0.15, 0.2) is 62.9 Å². The van der Waals surface area contributed by atoms with Gasteiger partial charge in [0.2, 0.25) is 20.8 Å². The molecule has 0 unspecified atom stereocenters. The summed E-state index contributed by atoms with van der Waals surface area (Å²) in [5, 5.41) is 10.5. The van der Waals surface area contributed by atoms with Crippen LogP contribution in [0.25, 0.3) is 11.5 Å². The molecule has 0 atom stereocenters. The van der Waals surface area contributed by atoms with Crippen LogP contribution in [0.4, 0.5) is 5.69 Å². The summed E-state index contributed by atoms with van der Waals surface area (Å²) in [4.78, 5) is 14.4. The Bertz CT molecular complexity index is 1040. The van der Waals surface area contributed by atoms with Crippen LogP contribution in [0.5, 0.6) is 0 Å². The molecule has 8 heteroatoms. The van der Waals surface area contributed by atoms with Crippen molar-refractivity contribution in [1.29, 1.82) is 0 Å². The van der Waals surface area contributed by atoms with Gasteiger partial charge in [0.1, 0.15) is 5.76 Å². The Morgan fingerprint density at radius 3 is 2.16 bits per heavy atom. The van der Waals surface area contributed by atoms with E-state index in [0.29, 0.717) is 5.56 Å². The molecule has 0 saturated carbocycles. The lowest BCUT2D eigenvalue weighted by atomic mass is 10.2. The third kappa shape index (κ3) is 3.16. The van der Waals surface area contributed by atoms with Crippen molar-refractivity contribution in [2.75, 3.05) is 0 Å². The number of sulfone groups is 1. The average Bonchev–Trinajstić information content (AvgIpc) is 2.98. The highest BCUT2D eigenvalue weighted by Gasteiger charge is 2.26. The van der Waals surface area contributed by atoms with E-state index in [2.05, 4.69) is 4.98 Å². The van der Waals surface area contributed by atoms with Crippen molar-refractivity contribution in [2.24, 2.45) is 0 Å². The Morgan fingerprint density at radius 1 is 1.00 bits per heavy atom. The summed E-state index contributed by atoms with van der Waals surface area (Å²) in [6, 6.07) is 12.0. The molecule has 0 aliphatic carbocycles. The average molecular weight is 358 g/mol. The lowest BCUT2D eigenvalue weighted by Gasteiger charge is -2.02. The minimum absolute atomic E-state index is 0.0699. The summed E-state index contributed by atoms with van der Waals surface area (Å²) in [7, 11) is -3.81. The van der Waals surface area contributed by atoms with Gasteiger partial charge in [-0.15, -0.1) is 0 Å². The number of nitro groups is 1. The first-order chi connectivity index (χ1) is 11.8. The molecule has 0 saturated heterocycles. The second kappa shape index (κ2) is 6.14. The molecule has 1 aromatic heterocycles. The highest BCUT2D eigenvalue weighted by atomic mass is 32.2. The van der Waals surface area contributed by atoms with E-state index in [4.69, 9.17) is 4.42 Å². The first-order valence-electron chi connectivity index (χ1n) is 7.33. The van der Waals surface area contributed by atoms with E-state index in [1.54, 1.807) is 12.1 Å².